The Morgan fingerprint density at radius 3 is 3.12 bits per heavy atom. The van der Waals surface area contributed by atoms with Gasteiger partial charge in [-0.25, -0.2) is 0 Å². The molecular weight excluding hydrogens is 302 g/mol. The lowest BCUT2D eigenvalue weighted by Crippen LogP contribution is -2.30. The molecule has 1 atom stereocenters. The quantitative estimate of drug-likeness (QED) is 0.804. The number of benzene rings is 1. The summed E-state index contributed by atoms with van der Waals surface area (Å²) in [5.41, 5.74) is 2.64. The van der Waals surface area contributed by atoms with Crippen molar-refractivity contribution in [1.29, 1.82) is 5.26 Å². The fraction of sp³-hybridized carbons (Fsp3) is 0.278. The molecule has 1 fully saturated rings. The second-order valence-corrected chi connectivity index (χ2v) is 6.14. The van der Waals surface area contributed by atoms with Gasteiger partial charge in [-0.05, 0) is 18.1 Å². The molecule has 0 saturated carbocycles. The zero-order chi connectivity index (χ0) is 16.5. The standard InChI is InChI=1S/C18H17N5O/c19-8-13-9-21-23(11-13)15-5-6-22(12-15)18(24)7-14-10-20-17-4-2-1-3-16(14)17/h1-4,9-11,15,20H,5-7,12H2. The smallest absolute Gasteiger partial charge is 0.227 e. The Balaban J connectivity index is 1.45. The van der Waals surface area contributed by atoms with E-state index in [1.165, 1.54) is 0 Å². The van der Waals surface area contributed by atoms with Gasteiger partial charge in [0.1, 0.15) is 6.07 Å². The largest absolute Gasteiger partial charge is 0.361 e. The molecule has 0 spiro atoms. The average Bonchev–Trinajstić information content (AvgIpc) is 3.34. The number of nitrogens with one attached hydrogen (secondary N) is 1. The second-order valence-electron chi connectivity index (χ2n) is 6.14. The molecule has 1 unspecified atom stereocenters. The zero-order valence-corrected chi connectivity index (χ0v) is 13.1. The van der Waals surface area contributed by atoms with Gasteiger partial charge in [-0.15, -0.1) is 0 Å². The number of carbonyl (C=O) groups excluding carboxylic acids is 1. The topological polar surface area (TPSA) is 77.7 Å². The van der Waals surface area contributed by atoms with E-state index < -0.39 is 0 Å². The number of nitrogens with zero attached hydrogens (tertiary/aromatic N) is 4. The highest BCUT2D eigenvalue weighted by Gasteiger charge is 2.28. The fourth-order valence-electron chi connectivity index (χ4n) is 3.33. The predicted octanol–water partition coefficient (Wildman–Crippen LogP) is 2.25. The first-order valence-electron chi connectivity index (χ1n) is 8.01. The van der Waals surface area contributed by atoms with Crippen molar-refractivity contribution < 1.29 is 4.79 Å². The number of amides is 1. The van der Waals surface area contributed by atoms with E-state index in [0.717, 1.165) is 29.4 Å². The van der Waals surface area contributed by atoms with Crippen molar-refractivity contribution in [2.75, 3.05) is 13.1 Å². The highest BCUT2D eigenvalue weighted by Crippen LogP contribution is 2.24. The van der Waals surface area contributed by atoms with Gasteiger partial charge in [-0.3, -0.25) is 9.48 Å². The van der Waals surface area contributed by atoms with Crippen LogP contribution in [-0.2, 0) is 11.2 Å². The van der Waals surface area contributed by atoms with Gasteiger partial charge in [-0.1, -0.05) is 18.2 Å². The Morgan fingerprint density at radius 2 is 2.29 bits per heavy atom. The molecule has 1 saturated heterocycles. The number of H-pyrrole nitrogens is 1. The Bertz CT molecular complexity index is 932. The van der Waals surface area contributed by atoms with Gasteiger partial charge in [0.15, 0.2) is 0 Å². The molecular formula is C18H17N5O. The zero-order valence-electron chi connectivity index (χ0n) is 13.1. The molecule has 1 aliphatic rings. The van der Waals surface area contributed by atoms with Crippen molar-refractivity contribution in [3.8, 4) is 6.07 Å². The first kappa shape index (κ1) is 14.5. The van der Waals surface area contributed by atoms with Gasteiger partial charge in [0.05, 0.1) is 24.2 Å². The molecule has 2 aromatic heterocycles. The molecule has 3 aromatic rings. The van der Waals surface area contributed by atoms with Crippen molar-refractivity contribution in [1.82, 2.24) is 19.7 Å². The predicted molar refractivity (Wildman–Crippen MR) is 89.2 cm³/mol. The number of rotatable bonds is 3. The van der Waals surface area contributed by atoms with Crippen LogP contribution >= 0.6 is 0 Å². The molecule has 120 valence electrons. The minimum atomic E-state index is 0.134. The third-order valence-corrected chi connectivity index (χ3v) is 4.64. The summed E-state index contributed by atoms with van der Waals surface area (Å²) >= 11 is 0. The van der Waals surface area contributed by atoms with Gasteiger partial charge < -0.3 is 9.88 Å². The molecule has 0 bridgehead atoms. The lowest BCUT2D eigenvalue weighted by atomic mass is 10.1. The van der Waals surface area contributed by atoms with Crippen LogP contribution in [0.15, 0.2) is 42.9 Å². The van der Waals surface area contributed by atoms with E-state index in [0.29, 0.717) is 18.5 Å². The van der Waals surface area contributed by atoms with Crippen molar-refractivity contribution in [2.24, 2.45) is 0 Å². The minimum absolute atomic E-state index is 0.134. The van der Waals surface area contributed by atoms with E-state index in [2.05, 4.69) is 16.2 Å². The molecule has 0 radical (unpaired) electrons. The monoisotopic (exact) mass is 319 g/mol. The SMILES string of the molecule is N#Cc1cnn(C2CCN(C(=O)Cc3c[nH]c4ccccc34)C2)c1. The van der Waals surface area contributed by atoms with Crippen LogP contribution < -0.4 is 0 Å². The van der Waals surface area contributed by atoms with E-state index >= 15 is 0 Å². The molecule has 1 N–H and O–H groups in total. The van der Waals surface area contributed by atoms with E-state index in [1.807, 2.05) is 35.4 Å². The second kappa shape index (κ2) is 5.85. The van der Waals surface area contributed by atoms with Gasteiger partial charge in [0.2, 0.25) is 5.91 Å². The summed E-state index contributed by atoms with van der Waals surface area (Å²) < 4.78 is 1.80. The highest BCUT2D eigenvalue weighted by atomic mass is 16.2. The van der Waals surface area contributed by atoms with Crippen LogP contribution in [0.1, 0.15) is 23.6 Å². The number of likely N-dealkylation sites (tertiary alicyclic amines) is 1. The maximum Gasteiger partial charge on any atom is 0.227 e. The van der Waals surface area contributed by atoms with E-state index in [9.17, 15) is 4.79 Å². The number of fused-ring (bicyclic) bond motifs is 1. The summed E-state index contributed by atoms with van der Waals surface area (Å²) in [7, 11) is 0. The van der Waals surface area contributed by atoms with Gasteiger partial charge in [0, 0.05) is 36.4 Å². The summed E-state index contributed by atoms with van der Waals surface area (Å²) in [6.07, 6.45) is 6.50. The van der Waals surface area contributed by atoms with Gasteiger partial charge in [0.25, 0.3) is 0 Å². The third kappa shape index (κ3) is 2.54. The molecule has 6 heteroatoms. The molecule has 1 amide bonds. The number of nitriles is 1. The first-order valence-corrected chi connectivity index (χ1v) is 8.01. The maximum absolute atomic E-state index is 12.6. The Labute approximate surface area is 139 Å². The summed E-state index contributed by atoms with van der Waals surface area (Å²) in [5.74, 6) is 0.134. The number of carbonyl (C=O) groups is 1. The molecule has 0 aliphatic carbocycles. The van der Waals surface area contributed by atoms with Crippen LogP contribution in [0.5, 0.6) is 0 Å². The van der Waals surface area contributed by atoms with Crippen LogP contribution in [-0.4, -0.2) is 38.7 Å². The highest BCUT2D eigenvalue weighted by molar-refractivity contribution is 5.89. The summed E-state index contributed by atoms with van der Waals surface area (Å²) in [5, 5.41) is 14.2. The summed E-state index contributed by atoms with van der Waals surface area (Å²) in [6.45, 7) is 1.38. The first-order chi connectivity index (χ1) is 11.7. The molecule has 24 heavy (non-hydrogen) atoms. The van der Waals surface area contributed by atoms with Crippen LogP contribution in [0.4, 0.5) is 0 Å². The molecule has 3 heterocycles. The van der Waals surface area contributed by atoms with Crippen molar-refractivity contribution >= 4 is 16.8 Å². The number of para-hydroxylation sites is 1. The molecule has 4 rings (SSSR count). The van der Waals surface area contributed by atoms with E-state index in [4.69, 9.17) is 5.26 Å². The lowest BCUT2D eigenvalue weighted by molar-refractivity contribution is -0.129. The Morgan fingerprint density at radius 1 is 1.42 bits per heavy atom. The molecule has 1 aromatic carbocycles. The summed E-state index contributed by atoms with van der Waals surface area (Å²) in [4.78, 5) is 17.7. The normalized spacial score (nSPS) is 17.3. The van der Waals surface area contributed by atoms with Crippen LogP contribution in [0.25, 0.3) is 10.9 Å². The number of aromatic amines is 1. The molecule has 1 aliphatic heterocycles. The summed E-state index contributed by atoms with van der Waals surface area (Å²) in [6, 6.07) is 10.3. The third-order valence-electron chi connectivity index (χ3n) is 4.64. The van der Waals surface area contributed by atoms with Crippen LogP contribution in [0.3, 0.4) is 0 Å². The Hall–Kier alpha value is -3.07. The van der Waals surface area contributed by atoms with Crippen LogP contribution in [0.2, 0.25) is 0 Å². The van der Waals surface area contributed by atoms with Crippen molar-refractivity contribution in [3.63, 3.8) is 0 Å². The van der Waals surface area contributed by atoms with Crippen molar-refractivity contribution in [3.05, 3.63) is 54.0 Å². The average molecular weight is 319 g/mol. The van der Waals surface area contributed by atoms with E-state index in [1.54, 1.807) is 17.1 Å². The Kier molecular flexibility index (Phi) is 3.54. The number of aromatic nitrogens is 3. The van der Waals surface area contributed by atoms with Crippen molar-refractivity contribution in [2.45, 2.75) is 18.9 Å². The van der Waals surface area contributed by atoms with E-state index in [-0.39, 0.29) is 11.9 Å². The number of hydrogen-bond donors (Lipinski definition) is 1. The minimum Gasteiger partial charge on any atom is -0.361 e. The maximum atomic E-state index is 12.6. The van der Waals surface area contributed by atoms with Gasteiger partial charge in [-0.2, -0.15) is 10.4 Å². The van der Waals surface area contributed by atoms with Crippen LogP contribution in [0, 0.1) is 11.3 Å². The fourth-order valence-corrected chi connectivity index (χ4v) is 3.33. The number of hydrogen-bond acceptors (Lipinski definition) is 3. The molecule has 6 nitrogen and oxygen atoms in total. The van der Waals surface area contributed by atoms with Gasteiger partial charge >= 0.3 is 0 Å². The lowest BCUT2D eigenvalue weighted by Gasteiger charge is -2.16.